The van der Waals surface area contributed by atoms with Gasteiger partial charge in [-0.15, -0.1) is 0 Å². The largest absolute Gasteiger partial charge is 0.478 e. The van der Waals surface area contributed by atoms with Crippen LogP contribution in [0.3, 0.4) is 0 Å². The van der Waals surface area contributed by atoms with Crippen molar-refractivity contribution in [2.45, 2.75) is 118 Å². The molecule has 0 saturated heterocycles. The number of esters is 1. The van der Waals surface area contributed by atoms with Crippen LogP contribution in [0.1, 0.15) is 112 Å². The first-order valence-corrected chi connectivity index (χ1v) is 13.7. The topological polar surface area (TPSA) is 63.6 Å². The Labute approximate surface area is 206 Å². The molecule has 4 nitrogen and oxygen atoms in total. The number of hydrogen-bond acceptors (Lipinski definition) is 3. The first-order valence-electron chi connectivity index (χ1n) is 13.7. The normalized spacial score (nSPS) is 42.6. The Morgan fingerprint density at radius 2 is 1.74 bits per heavy atom. The molecule has 190 valence electrons. The third-order valence-electron chi connectivity index (χ3n) is 11.0. The van der Waals surface area contributed by atoms with Gasteiger partial charge in [0.05, 0.1) is 0 Å². The lowest BCUT2D eigenvalue weighted by atomic mass is 9.38. The minimum atomic E-state index is -0.839. The summed E-state index contributed by atoms with van der Waals surface area (Å²) in [5.41, 5.74) is 3.12. The fourth-order valence-corrected chi connectivity index (χ4v) is 9.30. The number of carboxylic acids is 1. The molecule has 0 aromatic carbocycles. The van der Waals surface area contributed by atoms with E-state index in [0.717, 1.165) is 24.3 Å². The number of carbonyl (C=O) groups is 2. The van der Waals surface area contributed by atoms with Gasteiger partial charge in [-0.2, -0.15) is 0 Å². The molecule has 4 aliphatic carbocycles. The highest BCUT2D eigenvalue weighted by atomic mass is 16.5. The Morgan fingerprint density at radius 3 is 2.38 bits per heavy atom. The van der Waals surface area contributed by atoms with E-state index in [1.165, 1.54) is 57.4 Å². The molecule has 4 saturated carbocycles. The lowest BCUT2D eigenvalue weighted by Gasteiger charge is -2.66. The summed E-state index contributed by atoms with van der Waals surface area (Å²) in [6, 6.07) is 0. The summed E-state index contributed by atoms with van der Waals surface area (Å²) in [4.78, 5) is 24.7. The van der Waals surface area contributed by atoms with Crippen LogP contribution >= 0.6 is 0 Å². The van der Waals surface area contributed by atoms with Crippen LogP contribution in [0.5, 0.6) is 0 Å². The van der Waals surface area contributed by atoms with E-state index in [1.807, 2.05) is 13.8 Å². The van der Waals surface area contributed by atoms with Gasteiger partial charge in [0.2, 0.25) is 0 Å². The van der Waals surface area contributed by atoms with E-state index in [0.29, 0.717) is 29.7 Å². The monoisotopic (exact) mass is 470 g/mol. The fourth-order valence-electron chi connectivity index (χ4n) is 9.30. The van der Waals surface area contributed by atoms with Crippen LogP contribution < -0.4 is 0 Å². The molecule has 0 amide bonds. The average molecular weight is 471 g/mol. The van der Waals surface area contributed by atoms with E-state index in [2.05, 4.69) is 26.8 Å². The molecule has 6 unspecified atom stereocenters. The van der Waals surface area contributed by atoms with E-state index < -0.39 is 12.1 Å². The number of fused-ring (bicyclic) bond motifs is 5. The SMILES string of the molecule is CC(=O)OC1CC2(C)C(CCC3C4(C)CCCCC4CC[C@@]32C)/C1=C(\CCC=C(C)C)C(=O)O. The van der Waals surface area contributed by atoms with Crippen LogP contribution in [0.25, 0.3) is 0 Å². The standard InChI is InChI=1S/C30H46O4/c1-19(2)10-9-12-22(27(32)33)26-23-13-14-25-28(4)16-8-7-11-21(28)15-17-29(25,5)30(23,6)18-24(26)34-20(3)31/h10,21,23-25H,7-9,11-18H2,1-6H3,(H,32,33)/b26-22-/t21?,23?,24?,25?,28?,29-,30?/m0/s1. The lowest BCUT2D eigenvalue weighted by molar-refractivity contribution is -0.176. The highest BCUT2D eigenvalue weighted by Gasteiger charge is 2.67. The highest BCUT2D eigenvalue weighted by molar-refractivity contribution is 5.88. The number of ether oxygens (including phenoxy) is 1. The molecule has 4 aliphatic rings. The highest BCUT2D eigenvalue weighted by Crippen LogP contribution is 2.74. The van der Waals surface area contributed by atoms with Gasteiger partial charge in [-0.3, -0.25) is 4.79 Å². The Balaban J connectivity index is 1.78. The molecule has 4 rings (SSSR count). The van der Waals surface area contributed by atoms with Crippen LogP contribution in [-0.2, 0) is 14.3 Å². The van der Waals surface area contributed by atoms with E-state index in [-0.39, 0.29) is 22.7 Å². The van der Waals surface area contributed by atoms with Crippen molar-refractivity contribution in [2.75, 3.05) is 0 Å². The van der Waals surface area contributed by atoms with Gasteiger partial charge in [0.15, 0.2) is 0 Å². The van der Waals surface area contributed by atoms with Crippen LogP contribution in [0.15, 0.2) is 22.8 Å². The van der Waals surface area contributed by atoms with Crippen molar-refractivity contribution >= 4 is 11.9 Å². The van der Waals surface area contributed by atoms with Gasteiger partial charge in [-0.25, -0.2) is 4.79 Å². The molecule has 34 heavy (non-hydrogen) atoms. The van der Waals surface area contributed by atoms with E-state index in [9.17, 15) is 14.7 Å². The molecular formula is C30H46O4. The molecule has 0 heterocycles. The van der Waals surface area contributed by atoms with Crippen molar-refractivity contribution < 1.29 is 19.4 Å². The number of aliphatic carboxylic acids is 1. The smallest absolute Gasteiger partial charge is 0.331 e. The summed E-state index contributed by atoms with van der Waals surface area (Å²) in [6.07, 6.45) is 13.8. The lowest BCUT2D eigenvalue weighted by Crippen LogP contribution is -2.59. The van der Waals surface area contributed by atoms with Gasteiger partial charge in [0.1, 0.15) is 6.10 Å². The first-order chi connectivity index (χ1) is 15.9. The molecule has 0 aliphatic heterocycles. The van der Waals surface area contributed by atoms with Crippen LogP contribution in [-0.4, -0.2) is 23.1 Å². The van der Waals surface area contributed by atoms with Gasteiger partial charge in [-0.1, -0.05) is 45.3 Å². The van der Waals surface area contributed by atoms with Crippen molar-refractivity contribution in [1.82, 2.24) is 0 Å². The summed E-state index contributed by atoms with van der Waals surface area (Å²) >= 11 is 0. The van der Waals surface area contributed by atoms with Crippen molar-refractivity contribution in [2.24, 2.45) is 34.0 Å². The van der Waals surface area contributed by atoms with Gasteiger partial charge in [-0.05, 0) is 111 Å². The zero-order chi connectivity index (χ0) is 24.9. The second-order valence-electron chi connectivity index (χ2n) is 12.9. The zero-order valence-corrected chi connectivity index (χ0v) is 22.3. The Kier molecular flexibility index (Phi) is 6.85. The number of carboxylic acid groups (broad SMARTS) is 1. The van der Waals surface area contributed by atoms with Crippen molar-refractivity contribution in [3.05, 3.63) is 22.8 Å². The Bertz CT molecular complexity index is 895. The van der Waals surface area contributed by atoms with Crippen LogP contribution in [0, 0.1) is 34.0 Å². The Hall–Kier alpha value is -1.58. The predicted octanol–water partition coefficient (Wildman–Crippen LogP) is 7.48. The number of rotatable bonds is 5. The molecule has 0 aromatic heterocycles. The molecule has 1 N–H and O–H groups in total. The van der Waals surface area contributed by atoms with E-state index in [1.54, 1.807) is 0 Å². The van der Waals surface area contributed by atoms with Crippen molar-refractivity contribution in [1.29, 1.82) is 0 Å². The van der Waals surface area contributed by atoms with Gasteiger partial charge in [0.25, 0.3) is 0 Å². The van der Waals surface area contributed by atoms with Crippen LogP contribution in [0.2, 0.25) is 0 Å². The van der Waals surface area contributed by atoms with Gasteiger partial charge >= 0.3 is 11.9 Å². The third kappa shape index (κ3) is 3.97. The van der Waals surface area contributed by atoms with E-state index >= 15 is 0 Å². The Morgan fingerprint density at radius 1 is 1.00 bits per heavy atom. The maximum atomic E-state index is 12.6. The maximum Gasteiger partial charge on any atom is 0.331 e. The molecule has 0 aromatic rings. The van der Waals surface area contributed by atoms with Gasteiger partial charge < -0.3 is 9.84 Å². The summed E-state index contributed by atoms with van der Waals surface area (Å²) in [6.45, 7) is 13.1. The number of hydrogen-bond donors (Lipinski definition) is 1. The summed E-state index contributed by atoms with van der Waals surface area (Å²) in [7, 11) is 0. The van der Waals surface area contributed by atoms with E-state index in [4.69, 9.17) is 4.74 Å². The molecule has 0 radical (unpaired) electrons. The quantitative estimate of drug-likeness (QED) is 0.257. The second-order valence-corrected chi connectivity index (χ2v) is 12.9. The molecule has 7 atom stereocenters. The summed E-state index contributed by atoms with van der Waals surface area (Å²) in [5.74, 6) is 0.534. The minimum Gasteiger partial charge on any atom is -0.478 e. The summed E-state index contributed by atoms with van der Waals surface area (Å²) in [5, 5.41) is 10.3. The average Bonchev–Trinajstić information content (AvgIpc) is 3.02. The third-order valence-corrected chi connectivity index (χ3v) is 11.0. The predicted molar refractivity (Wildman–Crippen MR) is 135 cm³/mol. The van der Waals surface area contributed by atoms with Gasteiger partial charge in [0, 0.05) is 12.5 Å². The molecule has 0 bridgehead atoms. The maximum absolute atomic E-state index is 12.6. The molecule has 4 fully saturated rings. The zero-order valence-electron chi connectivity index (χ0n) is 22.3. The molecular weight excluding hydrogens is 424 g/mol. The first kappa shape index (κ1) is 25.5. The number of carbonyl (C=O) groups excluding carboxylic acids is 1. The number of allylic oxidation sites excluding steroid dienone is 2. The second kappa shape index (κ2) is 9.13. The van der Waals surface area contributed by atoms with Crippen molar-refractivity contribution in [3.8, 4) is 0 Å². The van der Waals surface area contributed by atoms with Crippen LogP contribution in [0.4, 0.5) is 0 Å². The fraction of sp³-hybridized carbons (Fsp3) is 0.800. The molecule has 4 heteroatoms. The molecule has 0 spiro atoms. The van der Waals surface area contributed by atoms with Crippen molar-refractivity contribution in [3.63, 3.8) is 0 Å². The summed E-state index contributed by atoms with van der Waals surface area (Å²) < 4.78 is 5.92. The minimum absolute atomic E-state index is 0.0476.